The molecule has 1 aromatic rings. The smallest absolute Gasteiger partial charge is 0.241 e. The van der Waals surface area contributed by atoms with E-state index in [-0.39, 0.29) is 11.9 Å². The summed E-state index contributed by atoms with van der Waals surface area (Å²) in [5.41, 5.74) is 0.679. The Morgan fingerprint density at radius 1 is 1.42 bits per heavy atom. The molecule has 1 aliphatic heterocycles. The number of nitrogens with one attached hydrogen (secondary N) is 2. The van der Waals surface area contributed by atoms with Gasteiger partial charge in [0.25, 0.3) is 0 Å². The zero-order valence-corrected chi connectivity index (χ0v) is 12.8. The summed E-state index contributed by atoms with van der Waals surface area (Å²) >= 11 is 9.48. The van der Waals surface area contributed by atoms with Crippen LogP contribution in [-0.4, -0.2) is 18.5 Å². The Morgan fingerprint density at radius 2 is 2.26 bits per heavy atom. The summed E-state index contributed by atoms with van der Waals surface area (Å²) in [6, 6.07) is 5.43. The number of benzene rings is 1. The van der Waals surface area contributed by atoms with E-state index in [0.29, 0.717) is 22.5 Å². The highest BCUT2D eigenvalue weighted by molar-refractivity contribution is 9.10. The van der Waals surface area contributed by atoms with Gasteiger partial charge in [-0.15, -0.1) is 0 Å². The standard InChI is InChI=1S/C14H16BrClN2O/c15-9-4-5-12(11(16)6-9)18-14(19)13-10-3-1-2-8(10)7-17-13/h4-6,8,10,13,17H,1-3,7H2,(H,18,19). The second-order valence-electron chi connectivity index (χ2n) is 5.35. The van der Waals surface area contributed by atoms with Gasteiger partial charge < -0.3 is 10.6 Å². The van der Waals surface area contributed by atoms with Crippen LogP contribution in [0.15, 0.2) is 22.7 Å². The van der Waals surface area contributed by atoms with Crippen molar-refractivity contribution in [2.45, 2.75) is 25.3 Å². The van der Waals surface area contributed by atoms with Crippen LogP contribution in [0.1, 0.15) is 19.3 Å². The van der Waals surface area contributed by atoms with Gasteiger partial charge >= 0.3 is 0 Å². The van der Waals surface area contributed by atoms with E-state index >= 15 is 0 Å². The first-order chi connectivity index (χ1) is 9.15. The van der Waals surface area contributed by atoms with Crippen molar-refractivity contribution in [1.82, 2.24) is 5.32 Å². The Kier molecular flexibility index (Phi) is 3.83. The van der Waals surface area contributed by atoms with E-state index in [1.54, 1.807) is 6.07 Å². The Balaban J connectivity index is 1.71. The molecular weight excluding hydrogens is 328 g/mol. The molecule has 1 amide bonds. The lowest BCUT2D eigenvalue weighted by molar-refractivity contribution is -0.118. The van der Waals surface area contributed by atoms with E-state index in [1.165, 1.54) is 12.8 Å². The van der Waals surface area contributed by atoms with Crippen molar-refractivity contribution in [1.29, 1.82) is 0 Å². The maximum absolute atomic E-state index is 12.4. The Bertz CT molecular complexity index is 508. The van der Waals surface area contributed by atoms with Gasteiger partial charge in [0.1, 0.15) is 0 Å². The molecular formula is C14H16BrClN2O. The van der Waals surface area contributed by atoms with Crippen molar-refractivity contribution in [3.63, 3.8) is 0 Å². The zero-order chi connectivity index (χ0) is 13.4. The van der Waals surface area contributed by atoms with Gasteiger partial charge in [0, 0.05) is 4.47 Å². The first kappa shape index (κ1) is 13.4. The molecule has 1 heterocycles. The molecule has 1 saturated heterocycles. The fourth-order valence-corrected chi connectivity index (χ4v) is 4.00. The molecule has 1 aromatic carbocycles. The van der Waals surface area contributed by atoms with E-state index in [1.807, 2.05) is 12.1 Å². The summed E-state index contributed by atoms with van der Waals surface area (Å²) in [5, 5.41) is 6.84. The minimum Gasteiger partial charge on any atom is -0.323 e. The molecule has 0 aromatic heterocycles. The molecule has 3 nitrogen and oxygen atoms in total. The van der Waals surface area contributed by atoms with Crippen molar-refractivity contribution >= 4 is 39.1 Å². The van der Waals surface area contributed by atoms with Crippen LogP contribution in [-0.2, 0) is 4.79 Å². The van der Waals surface area contributed by atoms with Gasteiger partial charge in [0.2, 0.25) is 5.91 Å². The van der Waals surface area contributed by atoms with Gasteiger partial charge in [-0.1, -0.05) is 34.0 Å². The third-order valence-electron chi connectivity index (χ3n) is 4.22. The number of rotatable bonds is 2. The summed E-state index contributed by atoms with van der Waals surface area (Å²) in [6.07, 6.45) is 3.66. The van der Waals surface area contributed by atoms with Gasteiger partial charge in [-0.3, -0.25) is 4.79 Å². The number of carbonyl (C=O) groups excluding carboxylic acids is 1. The minimum absolute atomic E-state index is 0.0404. The number of hydrogen-bond acceptors (Lipinski definition) is 2. The fraction of sp³-hybridized carbons (Fsp3) is 0.500. The normalized spacial score (nSPS) is 29.3. The number of carbonyl (C=O) groups is 1. The molecule has 2 N–H and O–H groups in total. The van der Waals surface area contributed by atoms with Crippen LogP contribution in [0, 0.1) is 11.8 Å². The van der Waals surface area contributed by atoms with E-state index in [0.717, 1.165) is 17.4 Å². The van der Waals surface area contributed by atoms with Crippen molar-refractivity contribution in [3.05, 3.63) is 27.7 Å². The van der Waals surface area contributed by atoms with Crippen molar-refractivity contribution in [2.75, 3.05) is 11.9 Å². The van der Waals surface area contributed by atoms with Gasteiger partial charge in [0.05, 0.1) is 16.8 Å². The molecule has 0 spiro atoms. The van der Waals surface area contributed by atoms with Crippen molar-refractivity contribution < 1.29 is 4.79 Å². The molecule has 3 atom stereocenters. The van der Waals surface area contributed by atoms with Gasteiger partial charge in [-0.25, -0.2) is 0 Å². The van der Waals surface area contributed by atoms with Crippen LogP contribution in [0.4, 0.5) is 5.69 Å². The molecule has 1 saturated carbocycles. The molecule has 1 aliphatic carbocycles. The Hall–Kier alpha value is -0.580. The quantitative estimate of drug-likeness (QED) is 0.864. The fourth-order valence-electron chi connectivity index (χ4n) is 3.28. The Labute approximate surface area is 126 Å². The minimum atomic E-state index is -0.0628. The summed E-state index contributed by atoms with van der Waals surface area (Å²) in [6.45, 7) is 0.969. The van der Waals surface area contributed by atoms with Gasteiger partial charge in [-0.05, 0) is 49.4 Å². The Morgan fingerprint density at radius 3 is 3.05 bits per heavy atom. The molecule has 3 rings (SSSR count). The van der Waals surface area contributed by atoms with E-state index in [2.05, 4.69) is 26.6 Å². The molecule has 2 aliphatic rings. The number of halogens is 2. The van der Waals surface area contributed by atoms with E-state index < -0.39 is 0 Å². The van der Waals surface area contributed by atoms with Crippen LogP contribution in [0.25, 0.3) is 0 Å². The summed E-state index contributed by atoms with van der Waals surface area (Å²) in [4.78, 5) is 12.4. The predicted octanol–water partition coefficient (Wildman–Crippen LogP) is 3.43. The topological polar surface area (TPSA) is 41.1 Å². The monoisotopic (exact) mass is 342 g/mol. The predicted molar refractivity (Wildman–Crippen MR) is 80.4 cm³/mol. The van der Waals surface area contributed by atoms with E-state index in [9.17, 15) is 4.79 Å². The molecule has 19 heavy (non-hydrogen) atoms. The van der Waals surface area contributed by atoms with Crippen molar-refractivity contribution in [2.24, 2.45) is 11.8 Å². The first-order valence-corrected chi connectivity index (χ1v) is 7.81. The third kappa shape index (κ3) is 2.67. The molecule has 102 valence electrons. The highest BCUT2D eigenvalue weighted by atomic mass is 79.9. The number of fused-ring (bicyclic) bond motifs is 1. The first-order valence-electron chi connectivity index (χ1n) is 6.64. The van der Waals surface area contributed by atoms with Gasteiger partial charge in [-0.2, -0.15) is 0 Å². The van der Waals surface area contributed by atoms with Crippen LogP contribution in [0.5, 0.6) is 0 Å². The lowest BCUT2D eigenvalue weighted by atomic mass is 9.93. The average molecular weight is 344 g/mol. The maximum atomic E-state index is 12.4. The molecule has 0 bridgehead atoms. The molecule has 3 unspecified atom stereocenters. The summed E-state index contributed by atoms with van der Waals surface area (Å²) in [7, 11) is 0. The highest BCUT2D eigenvalue weighted by Gasteiger charge is 2.42. The second-order valence-corrected chi connectivity index (χ2v) is 6.68. The second kappa shape index (κ2) is 5.43. The molecule has 0 radical (unpaired) electrons. The number of amides is 1. The van der Waals surface area contributed by atoms with E-state index in [4.69, 9.17) is 11.6 Å². The van der Waals surface area contributed by atoms with Gasteiger partial charge in [0.15, 0.2) is 0 Å². The molecule has 5 heteroatoms. The summed E-state index contributed by atoms with van der Waals surface area (Å²) in [5.74, 6) is 1.21. The van der Waals surface area contributed by atoms with Crippen LogP contribution >= 0.6 is 27.5 Å². The van der Waals surface area contributed by atoms with Crippen LogP contribution in [0.3, 0.4) is 0 Å². The lowest BCUT2D eigenvalue weighted by Crippen LogP contribution is -2.39. The van der Waals surface area contributed by atoms with Crippen LogP contribution < -0.4 is 10.6 Å². The lowest BCUT2D eigenvalue weighted by Gasteiger charge is -2.18. The summed E-state index contributed by atoms with van der Waals surface area (Å²) < 4.78 is 0.908. The highest BCUT2D eigenvalue weighted by Crippen LogP contribution is 2.38. The van der Waals surface area contributed by atoms with Crippen molar-refractivity contribution in [3.8, 4) is 0 Å². The number of anilines is 1. The maximum Gasteiger partial charge on any atom is 0.241 e. The number of hydrogen-bond donors (Lipinski definition) is 2. The van der Waals surface area contributed by atoms with Crippen LogP contribution in [0.2, 0.25) is 5.02 Å². The third-order valence-corrected chi connectivity index (χ3v) is 5.02. The molecule has 2 fully saturated rings. The average Bonchev–Trinajstić information content (AvgIpc) is 2.94. The zero-order valence-electron chi connectivity index (χ0n) is 10.5. The largest absolute Gasteiger partial charge is 0.323 e. The SMILES string of the molecule is O=C(Nc1ccc(Br)cc1Cl)C1NCC2CCCC21.